The van der Waals surface area contributed by atoms with E-state index in [4.69, 9.17) is 13.9 Å². The molecule has 214 valence electrons. The highest BCUT2D eigenvalue weighted by Gasteiger charge is 2.50. The quantitative estimate of drug-likeness (QED) is 0.212. The molecule has 0 fully saturated rings. The topological polar surface area (TPSA) is 56.8 Å². The maximum atomic E-state index is 12.7. The summed E-state index contributed by atoms with van der Waals surface area (Å²) in [5, 5.41) is 5.32. The second kappa shape index (κ2) is 13.9. The molecule has 3 aromatic carbocycles. The number of alkyl carbamates (subject to hydrolysis) is 1. The van der Waals surface area contributed by atoms with Gasteiger partial charge in [0.05, 0.1) is 25.9 Å². The van der Waals surface area contributed by atoms with Gasteiger partial charge in [0, 0.05) is 0 Å². The Balaban J connectivity index is 1.85. The van der Waals surface area contributed by atoms with Gasteiger partial charge in [-0.1, -0.05) is 123 Å². The van der Waals surface area contributed by atoms with E-state index in [9.17, 15) is 4.79 Å². The zero-order valence-electron chi connectivity index (χ0n) is 25.1. The van der Waals surface area contributed by atoms with Crippen LogP contribution in [0.4, 0.5) is 4.79 Å². The van der Waals surface area contributed by atoms with Crippen molar-refractivity contribution in [2.45, 2.75) is 71.8 Å². The summed E-state index contributed by atoms with van der Waals surface area (Å²) in [5.41, 5.74) is 1.50. The van der Waals surface area contributed by atoms with Gasteiger partial charge >= 0.3 is 6.09 Å². The molecule has 0 unspecified atom stereocenters. The van der Waals surface area contributed by atoms with E-state index in [1.54, 1.807) is 0 Å². The fourth-order valence-electron chi connectivity index (χ4n) is 4.84. The molecule has 6 heteroatoms. The first kappa shape index (κ1) is 31.3. The van der Waals surface area contributed by atoms with Crippen LogP contribution in [0, 0.1) is 0 Å². The molecule has 0 heterocycles. The zero-order valence-corrected chi connectivity index (χ0v) is 26.1. The summed E-state index contributed by atoms with van der Waals surface area (Å²) in [6.07, 6.45) is 1.55. The molecule has 0 spiro atoms. The lowest BCUT2D eigenvalue weighted by Crippen LogP contribution is -2.66. The molecule has 0 aromatic heterocycles. The lowest BCUT2D eigenvalue weighted by atomic mass is 10.2. The second-order valence-corrected chi connectivity index (χ2v) is 16.5. The summed E-state index contributed by atoms with van der Waals surface area (Å²) >= 11 is 0. The minimum atomic E-state index is -2.68. The molecule has 0 aliphatic heterocycles. The summed E-state index contributed by atoms with van der Waals surface area (Å²) < 4.78 is 18.6. The van der Waals surface area contributed by atoms with Gasteiger partial charge in [0.2, 0.25) is 0 Å². The van der Waals surface area contributed by atoms with E-state index in [0.29, 0.717) is 19.8 Å². The van der Waals surface area contributed by atoms with Crippen LogP contribution >= 0.6 is 0 Å². The number of nitrogens with one attached hydrogen (secondary N) is 1. The van der Waals surface area contributed by atoms with Gasteiger partial charge in [-0.15, -0.1) is 0 Å². The molecule has 0 aliphatic rings. The third-order valence-corrected chi connectivity index (χ3v) is 11.5. The minimum Gasteiger partial charge on any atom is -0.444 e. The van der Waals surface area contributed by atoms with Crippen molar-refractivity contribution in [3.8, 4) is 0 Å². The fraction of sp³-hybridized carbons (Fsp3) is 0.382. The lowest BCUT2D eigenvalue weighted by molar-refractivity contribution is 0.0458. The first-order valence-corrected chi connectivity index (χ1v) is 15.8. The fourth-order valence-corrected chi connectivity index (χ4v) is 9.44. The van der Waals surface area contributed by atoms with Crippen LogP contribution in [0.15, 0.2) is 103 Å². The number of carbonyl (C=O) groups is 1. The van der Waals surface area contributed by atoms with Crippen molar-refractivity contribution in [3.05, 3.63) is 108 Å². The van der Waals surface area contributed by atoms with Gasteiger partial charge in [0.15, 0.2) is 0 Å². The predicted octanol–water partition coefficient (Wildman–Crippen LogP) is 6.62. The standard InChI is InChI=1S/C34H45NO4Si/c1-27(23-29(35-32(36)39-33(2,3)4)26-37-25-28-17-11-8-12-18-28)24-38-40(34(5,6)7,30-19-13-9-14-20-30)31-21-15-10-16-22-31/h8-23,29H,24-26H2,1-7H3,(H,35,36)/b27-23+/t29-/m1/s1. The van der Waals surface area contributed by atoms with Crippen molar-refractivity contribution in [3.63, 3.8) is 0 Å². The molecule has 1 N–H and O–H groups in total. The number of ether oxygens (including phenoxy) is 2. The van der Waals surface area contributed by atoms with Crippen LogP contribution in [-0.2, 0) is 20.5 Å². The van der Waals surface area contributed by atoms with Gasteiger partial charge in [0.25, 0.3) is 8.32 Å². The smallest absolute Gasteiger partial charge is 0.408 e. The summed E-state index contributed by atoms with van der Waals surface area (Å²) in [4.78, 5) is 12.7. The maximum absolute atomic E-state index is 12.7. The van der Waals surface area contributed by atoms with E-state index < -0.39 is 20.0 Å². The number of amides is 1. The lowest BCUT2D eigenvalue weighted by Gasteiger charge is -2.43. The van der Waals surface area contributed by atoms with Crippen molar-refractivity contribution in [2.24, 2.45) is 0 Å². The van der Waals surface area contributed by atoms with Gasteiger partial charge in [-0.25, -0.2) is 4.79 Å². The van der Waals surface area contributed by atoms with Gasteiger partial charge in [-0.3, -0.25) is 0 Å². The van der Waals surface area contributed by atoms with Crippen molar-refractivity contribution >= 4 is 24.8 Å². The molecule has 1 atom stereocenters. The SMILES string of the molecule is C/C(=C\[C@H](COCc1ccccc1)NC(=O)OC(C)(C)C)CO[Si](c1ccccc1)(c1ccccc1)C(C)(C)C. The van der Waals surface area contributed by atoms with Crippen molar-refractivity contribution < 1.29 is 18.7 Å². The van der Waals surface area contributed by atoms with Crippen molar-refractivity contribution in [1.29, 1.82) is 0 Å². The average molecular weight is 560 g/mol. The first-order valence-electron chi connectivity index (χ1n) is 13.9. The Kier molecular flexibility index (Phi) is 10.9. The van der Waals surface area contributed by atoms with Crippen LogP contribution in [0.2, 0.25) is 5.04 Å². The third kappa shape index (κ3) is 8.91. The zero-order chi connectivity index (χ0) is 29.2. The Hall–Kier alpha value is -3.19. The molecule has 0 bridgehead atoms. The number of carbonyl (C=O) groups excluding carboxylic acids is 1. The van der Waals surface area contributed by atoms with Gasteiger partial charge in [-0.05, 0) is 48.7 Å². The normalized spacial score (nSPS) is 13.5. The Morgan fingerprint density at radius 2 is 1.32 bits per heavy atom. The van der Waals surface area contributed by atoms with E-state index in [1.165, 1.54) is 10.4 Å². The minimum absolute atomic E-state index is 0.122. The molecular formula is C34H45NO4Si. The van der Waals surface area contributed by atoms with Crippen molar-refractivity contribution in [1.82, 2.24) is 5.32 Å². The van der Waals surface area contributed by atoms with Crippen molar-refractivity contribution in [2.75, 3.05) is 13.2 Å². The molecule has 3 aromatic rings. The maximum Gasteiger partial charge on any atom is 0.408 e. The molecule has 0 aliphatic carbocycles. The molecule has 3 rings (SSSR count). The van der Waals surface area contributed by atoms with Crippen LogP contribution in [0.5, 0.6) is 0 Å². The number of hydrogen-bond donors (Lipinski definition) is 1. The highest BCUT2D eigenvalue weighted by atomic mass is 28.4. The highest BCUT2D eigenvalue weighted by molar-refractivity contribution is 6.99. The van der Waals surface area contributed by atoms with Gasteiger partial charge < -0.3 is 19.2 Å². The molecule has 0 saturated heterocycles. The monoisotopic (exact) mass is 559 g/mol. The summed E-state index contributed by atoms with van der Waals surface area (Å²) in [7, 11) is -2.68. The second-order valence-electron chi connectivity index (χ2n) is 12.2. The van der Waals surface area contributed by atoms with E-state index in [-0.39, 0.29) is 11.1 Å². The number of rotatable bonds is 11. The van der Waals surface area contributed by atoms with Crippen LogP contribution in [0.1, 0.15) is 54.0 Å². The average Bonchev–Trinajstić information content (AvgIpc) is 2.89. The number of hydrogen-bond acceptors (Lipinski definition) is 4. The molecule has 5 nitrogen and oxygen atoms in total. The Bertz CT molecular complexity index is 1180. The Labute approximate surface area is 241 Å². The number of benzene rings is 3. The molecule has 0 radical (unpaired) electrons. The Morgan fingerprint density at radius 3 is 1.80 bits per heavy atom. The third-order valence-electron chi connectivity index (χ3n) is 6.53. The van der Waals surface area contributed by atoms with Crippen LogP contribution in [-0.4, -0.2) is 39.3 Å². The molecule has 0 saturated carbocycles. The predicted molar refractivity (Wildman–Crippen MR) is 167 cm³/mol. The molecule has 40 heavy (non-hydrogen) atoms. The summed E-state index contributed by atoms with van der Waals surface area (Å²) in [6.45, 7) is 15.6. The van der Waals surface area contributed by atoms with E-state index in [0.717, 1.165) is 11.1 Å². The molecule has 1 amide bonds. The summed E-state index contributed by atoms with van der Waals surface area (Å²) in [5.74, 6) is 0. The summed E-state index contributed by atoms with van der Waals surface area (Å²) in [6, 6.07) is 30.8. The van der Waals surface area contributed by atoms with Gasteiger partial charge in [0.1, 0.15) is 5.60 Å². The molecular weight excluding hydrogens is 514 g/mol. The Morgan fingerprint density at radius 1 is 0.825 bits per heavy atom. The van der Waals surface area contributed by atoms with Crippen LogP contribution < -0.4 is 15.7 Å². The first-order chi connectivity index (χ1) is 18.9. The largest absolute Gasteiger partial charge is 0.444 e. The van der Waals surface area contributed by atoms with E-state index in [2.05, 4.69) is 74.6 Å². The van der Waals surface area contributed by atoms with Gasteiger partial charge in [-0.2, -0.15) is 0 Å². The van der Waals surface area contributed by atoms with E-state index in [1.807, 2.05) is 76.2 Å². The highest BCUT2D eigenvalue weighted by Crippen LogP contribution is 2.37. The van der Waals surface area contributed by atoms with E-state index >= 15 is 0 Å². The van der Waals surface area contributed by atoms with Crippen LogP contribution in [0.3, 0.4) is 0 Å². The van der Waals surface area contributed by atoms with Crippen LogP contribution in [0.25, 0.3) is 0 Å².